The smallest absolute Gasteiger partial charge is 0.179 e. The molecular formula is C54H39NSi. The van der Waals surface area contributed by atoms with Crippen molar-refractivity contribution in [3.63, 3.8) is 0 Å². The summed E-state index contributed by atoms with van der Waals surface area (Å²) in [7, 11) is -2.93. The summed E-state index contributed by atoms with van der Waals surface area (Å²) in [5.41, 5.74) is 5.82. The van der Waals surface area contributed by atoms with Gasteiger partial charge in [0.15, 0.2) is 8.07 Å². The molecule has 10 aromatic carbocycles. The Hall–Kier alpha value is -7.00. The molecule has 0 aromatic heterocycles. The van der Waals surface area contributed by atoms with Gasteiger partial charge in [-0.05, 0) is 101 Å². The summed E-state index contributed by atoms with van der Waals surface area (Å²) >= 11 is 0. The lowest BCUT2D eigenvalue weighted by Crippen LogP contribution is -2.74. The maximum atomic E-state index is 2.53. The minimum Gasteiger partial charge on any atom is -0.311 e. The van der Waals surface area contributed by atoms with Crippen LogP contribution in [0.4, 0.5) is 17.1 Å². The summed E-state index contributed by atoms with van der Waals surface area (Å²) in [5, 5.41) is 13.1. The van der Waals surface area contributed by atoms with E-state index in [1.165, 1.54) is 64.2 Å². The lowest BCUT2D eigenvalue weighted by Gasteiger charge is -2.35. The first-order chi connectivity index (χ1) is 27.8. The van der Waals surface area contributed by atoms with E-state index in [4.69, 9.17) is 0 Å². The Kier molecular flexibility index (Phi) is 8.59. The van der Waals surface area contributed by atoms with Crippen molar-refractivity contribution in [2.75, 3.05) is 4.90 Å². The molecule has 1 atom stereocenters. The minimum atomic E-state index is -2.93. The fraction of sp³-hybridized carbons (Fsp3) is 0. The van der Waals surface area contributed by atoms with Gasteiger partial charge in [-0.1, -0.05) is 200 Å². The van der Waals surface area contributed by atoms with E-state index < -0.39 is 8.07 Å². The van der Waals surface area contributed by atoms with Crippen molar-refractivity contribution < 1.29 is 0 Å². The first-order valence-electron chi connectivity index (χ1n) is 19.3. The van der Waals surface area contributed by atoms with Crippen LogP contribution in [0.15, 0.2) is 237 Å². The Bertz CT molecular complexity index is 2850. The highest BCUT2D eigenvalue weighted by Crippen LogP contribution is 2.36. The number of fused-ring (bicyclic) bond motifs is 6. The number of hydrogen-bond acceptors (Lipinski definition) is 1. The first kappa shape index (κ1) is 33.6. The van der Waals surface area contributed by atoms with Gasteiger partial charge in [-0.2, -0.15) is 0 Å². The molecule has 10 rings (SSSR count). The quantitative estimate of drug-likeness (QED) is 0.0855. The lowest BCUT2D eigenvalue weighted by atomic mass is 9.94. The zero-order valence-electron chi connectivity index (χ0n) is 31.0. The molecule has 0 saturated carbocycles. The molecular weight excluding hydrogens is 691 g/mol. The molecule has 56 heavy (non-hydrogen) atoms. The number of anilines is 3. The van der Waals surface area contributed by atoms with Crippen molar-refractivity contribution in [1.82, 2.24) is 0 Å². The molecule has 264 valence electrons. The second-order valence-corrected chi connectivity index (χ2v) is 18.3. The van der Waals surface area contributed by atoms with E-state index in [0.29, 0.717) is 0 Å². The molecule has 0 amide bonds. The van der Waals surface area contributed by atoms with Crippen molar-refractivity contribution in [3.05, 3.63) is 237 Å². The van der Waals surface area contributed by atoms with E-state index in [1.54, 1.807) is 0 Å². The van der Waals surface area contributed by atoms with Gasteiger partial charge in [0.05, 0.1) is 0 Å². The minimum absolute atomic E-state index is 1.12. The van der Waals surface area contributed by atoms with Crippen LogP contribution < -0.4 is 25.6 Å². The van der Waals surface area contributed by atoms with E-state index in [9.17, 15) is 0 Å². The third-order valence-corrected chi connectivity index (χ3v) is 16.2. The van der Waals surface area contributed by atoms with Crippen molar-refractivity contribution >= 4 is 78.2 Å². The lowest BCUT2D eigenvalue weighted by molar-refractivity contribution is 1.28. The van der Waals surface area contributed by atoms with E-state index in [2.05, 4.69) is 241 Å². The van der Waals surface area contributed by atoms with E-state index in [0.717, 1.165) is 17.1 Å². The highest BCUT2D eigenvalue weighted by atomic mass is 28.3. The molecule has 0 aliphatic heterocycles. The Morgan fingerprint density at radius 2 is 0.571 bits per heavy atom. The Morgan fingerprint density at radius 1 is 0.232 bits per heavy atom. The van der Waals surface area contributed by atoms with Crippen LogP contribution in [-0.4, -0.2) is 8.07 Å². The molecule has 10 aromatic rings. The number of benzene rings is 10. The van der Waals surface area contributed by atoms with Crippen molar-refractivity contribution in [2.45, 2.75) is 0 Å². The van der Waals surface area contributed by atoms with Crippen LogP contribution in [0.1, 0.15) is 0 Å². The van der Waals surface area contributed by atoms with Gasteiger partial charge in [-0.3, -0.25) is 0 Å². The monoisotopic (exact) mass is 729 g/mol. The molecule has 0 N–H and O–H groups in total. The van der Waals surface area contributed by atoms with Crippen molar-refractivity contribution in [3.8, 4) is 11.1 Å². The van der Waals surface area contributed by atoms with Gasteiger partial charge >= 0.3 is 0 Å². The van der Waals surface area contributed by atoms with Gasteiger partial charge in [0.2, 0.25) is 0 Å². The molecule has 1 unspecified atom stereocenters. The topological polar surface area (TPSA) is 3.24 Å². The molecule has 0 radical (unpaired) electrons. The van der Waals surface area contributed by atoms with Crippen LogP contribution in [-0.2, 0) is 0 Å². The van der Waals surface area contributed by atoms with Crippen LogP contribution in [0.25, 0.3) is 43.4 Å². The Labute approximate surface area is 329 Å². The molecule has 0 saturated heterocycles. The predicted octanol–water partition coefficient (Wildman–Crippen LogP) is 11.7. The normalized spacial score (nSPS) is 12.4. The average Bonchev–Trinajstić information content (AvgIpc) is 3.29. The predicted molar refractivity (Wildman–Crippen MR) is 243 cm³/mol. The summed E-state index contributed by atoms with van der Waals surface area (Å²) in [5.74, 6) is 0. The molecule has 0 heterocycles. The second kappa shape index (κ2) is 14.3. The van der Waals surface area contributed by atoms with Gasteiger partial charge in [-0.15, -0.1) is 0 Å². The van der Waals surface area contributed by atoms with Crippen LogP contribution in [0.2, 0.25) is 0 Å². The fourth-order valence-electron chi connectivity index (χ4n) is 8.83. The maximum Gasteiger partial charge on any atom is 0.179 e. The van der Waals surface area contributed by atoms with E-state index in [-0.39, 0.29) is 0 Å². The third-order valence-electron chi connectivity index (χ3n) is 11.4. The van der Waals surface area contributed by atoms with Gasteiger partial charge < -0.3 is 4.90 Å². The average molecular weight is 730 g/mol. The van der Waals surface area contributed by atoms with Gasteiger partial charge in [0.25, 0.3) is 0 Å². The number of para-hydroxylation sites is 2. The van der Waals surface area contributed by atoms with Gasteiger partial charge in [-0.25, -0.2) is 0 Å². The number of hydrogen-bond donors (Lipinski definition) is 0. The molecule has 0 aliphatic carbocycles. The summed E-state index contributed by atoms with van der Waals surface area (Å²) in [6.07, 6.45) is 0. The second-order valence-electron chi connectivity index (χ2n) is 14.5. The highest BCUT2D eigenvalue weighted by molar-refractivity contribution is 7.20. The molecule has 0 spiro atoms. The first-order valence-corrected chi connectivity index (χ1v) is 21.3. The summed E-state index contributed by atoms with van der Waals surface area (Å²) < 4.78 is 0. The fourth-order valence-corrected chi connectivity index (χ4v) is 13.6. The number of rotatable bonds is 8. The molecule has 2 heteroatoms. The summed E-state index contributed by atoms with van der Waals surface area (Å²) in [6, 6.07) is 87.3. The standard InChI is InChI=1S/C54H39NSi/c1-5-17-40(18-6-1)41-29-33-46(34-30-41)56(45-23-11-4-12-24-45,47-35-31-44(32-36-47)55(42-19-7-2-8-20-42)43-21-9-3-10-22-43)48-37-38-53-51-27-14-13-25-49(51)50-26-15-16-28-52(50)54(53)39-48/h1-39H. The third kappa shape index (κ3) is 5.71. The van der Waals surface area contributed by atoms with Crippen molar-refractivity contribution in [2.24, 2.45) is 0 Å². The molecule has 0 aliphatic rings. The summed E-state index contributed by atoms with van der Waals surface area (Å²) in [6.45, 7) is 0. The molecule has 0 fully saturated rings. The van der Waals surface area contributed by atoms with Crippen LogP contribution >= 0.6 is 0 Å². The Balaban J connectivity index is 1.25. The van der Waals surface area contributed by atoms with E-state index in [1.807, 2.05) is 0 Å². The largest absolute Gasteiger partial charge is 0.311 e. The molecule has 1 nitrogen and oxygen atoms in total. The van der Waals surface area contributed by atoms with Gasteiger partial charge in [0.1, 0.15) is 0 Å². The Morgan fingerprint density at radius 3 is 1.09 bits per heavy atom. The van der Waals surface area contributed by atoms with E-state index >= 15 is 0 Å². The van der Waals surface area contributed by atoms with Crippen LogP contribution in [0.5, 0.6) is 0 Å². The SMILES string of the molecule is c1ccc(-c2ccc([Si](c3ccccc3)(c3ccc(N(c4ccccc4)c4ccccc4)cc3)c3ccc4c5ccccc5c5ccccc5c4c3)cc2)cc1. The van der Waals surface area contributed by atoms with Crippen LogP contribution in [0, 0.1) is 0 Å². The van der Waals surface area contributed by atoms with Crippen LogP contribution in [0.3, 0.4) is 0 Å². The number of nitrogens with zero attached hydrogens (tertiary/aromatic N) is 1. The zero-order valence-corrected chi connectivity index (χ0v) is 32.0. The maximum absolute atomic E-state index is 2.93. The van der Waals surface area contributed by atoms with Crippen molar-refractivity contribution in [1.29, 1.82) is 0 Å². The molecule has 0 bridgehead atoms. The zero-order chi connectivity index (χ0) is 37.3. The highest BCUT2D eigenvalue weighted by Gasteiger charge is 2.42. The summed E-state index contributed by atoms with van der Waals surface area (Å²) in [4.78, 5) is 2.34. The van der Waals surface area contributed by atoms with Gasteiger partial charge in [0, 0.05) is 17.1 Å².